The zero-order valence-electron chi connectivity index (χ0n) is 16.0. The van der Waals surface area contributed by atoms with E-state index >= 15 is 0 Å². The van der Waals surface area contributed by atoms with Crippen LogP contribution in [0.5, 0.6) is 5.75 Å². The molecule has 1 aliphatic heterocycles. The topological polar surface area (TPSA) is 88.6 Å². The number of aromatic nitrogens is 1. The lowest BCUT2D eigenvalue weighted by atomic mass is 10.2. The highest BCUT2D eigenvalue weighted by Crippen LogP contribution is 2.29. The fraction of sp³-hybridized carbons (Fsp3) is 0.238. The number of nitrogens with one attached hydrogen (secondary N) is 1. The van der Waals surface area contributed by atoms with E-state index in [-0.39, 0.29) is 11.5 Å². The van der Waals surface area contributed by atoms with E-state index < -0.39 is 15.9 Å². The van der Waals surface area contributed by atoms with Crippen molar-refractivity contribution in [2.24, 2.45) is 0 Å². The van der Waals surface area contributed by atoms with Crippen molar-refractivity contribution in [3.63, 3.8) is 0 Å². The molecule has 0 bridgehead atoms. The van der Waals surface area contributed by atoms with Crippen LogP contribution in [0.25, 0.3) is 10.9 Å². The Balaban J connectivity index is 1.45. The summed E-state index contributed by atoms with van der Waals surface area (Å²) in [6, 6.07) is 13.2. The molecule has 1 amide bonds. The molecular formula is C21H20ClN3O4S. The minimum absolute atomic E-state index is 0.163. The molecule has 2 heterocycles. The fourth-order valence-electron chi connectivity index (χ4n) is 3.38. The van der Waals surface area contributed by atoms with Gasteiger partial charge in [-0.25, -0.2) is 8.42 Å². The zero-order chi connectivity index (χ0) is 21.1. The van der Waals surface area contributed by atoms with Crippen LogP contribution in [0.2, 0.25) is 5.02 Å². The zero-order valence-corrected chi connectivity index (χ0v) is 17.6. The number of pyridine rings is 1. The number of carbonyl (C=O) groups excluding carboxylic acids is 1. The third-order valence-electron chi connectivity index (χ3n) is 4.86. The van der Waals surface area contributed by atoms with Crippen LogP contribution in [0.1, 0.15) is 12.8 Å². The Morgan fingerprint density at radius 3 is 2.73 bits per heavy atom. The van der Waals surface area contributed by atoms with Crippen molar-refractivity contribution >= 4 is 44.1 Å². The number of carbonyl (C=O) groups is 1. The van der Waals surface area contributed by atoms with Gasteiger partial charge in [-0.3, -0.25) is 9.78 Å². The second kappa shape index (κ2) is 8.59. The first-order chi connectivity index (χ1) is 14.4. The van der Waals surface area contributed by atoms with E-state index in [0.717, 1.165) is 18.2 Å². The molecule has 156 valence electrons. The lowest BCUT2D eigenvalue weighted by Gasteiger charge is -2.16. The molecule has 0 saturated carbocycles. The summed E-state index contributed by atoms with van der Waals surface area (Å²) in [5.74, 6) is 0.0280. The van der Waals surface area contributed by atoms with Crippen molar-refractivity contribution in [1.82, 2.24) is 9.29 Å². The second-order valence-corrected chi connectivity index (χ2v) is 9.27. The number of ether oxygens (including phenoxy) is 1. The Kier molecular flexibility index (Phi) is 5.90. The SMILES string of the molecule is O=C(COc1ccc(Cl)c2cccnc12)Nc1cccc(S(=O)(=O)N2CCCC2)c1. The Morgan fingerprint density at radius 1 is 1.13 bits per heavy atom. The first-order valence-electron chi connectivity index (χ1n) is 9.51. The molecule has 1 aromatic heterocycles. The molecular weight excluding hydrogens is 426 g/mol. The summed E-state index contributed by atoms with van der Waals surface area (Å²) in [6.07, 6.45) is 3.35. The number of rotatable bonds is 6. The van der Waals surface area contributed by atoms with E-state index in [1.54, 1.807) is 36.5 Å². The summed E-state index contributed by atoms with van der Waals surface area (Å²) in [5, 5.41) is 3.96. The molecule has 1 N–H and O–H groups in total. The van der Waals surface area contributed by atoms with E-state index in [1.165, 1.54) is 16.4 Å². The number of sulfonamides is 1. The van der Waals surface area contributed by atoms with E-state index in [4.69, 9.17) is 16.3 Å². The molecule has 0 spiro atoms. The van der Waals surface area contributed by atoms with Crippen LogP contribution in [0, 0.1) is 0 Å². The molecule has 1 saturated heterocycles. The Hall–Kier alpha value is -2.68. The minimum atomic E-state index is -3.55. The number of fused-ring (bicyclic) bond motifs is 1. The number of nitrogens with zero attached hydrogens (tertiary/aromatic N) is 2. The van der Waals surface area contributed by atoms with E-state index in [2.05, 4.69) is 10.3 Å². The normalized spacial score (nSPS) is 14.7. The third-order valence-corrected chi connectivity index (χ3v) is 7.08. The molecule has 1 fully saturated rings. The van der Waals surface area contributed by atoms with Gasteiger partial charge in [-0.1, -0.05) is 17.7 Å². The van der Waals surface area contributed by atoms with Crippen LogP contribution in [-0.2, 0) is 14.8 Å². The summed E-state index contributed by atoms with van der Waals surface area (Å²) in [7, 11) is -3.55. The second-order valence-electron chi connectivity index (χ2n) is 6.92. The van der Waals surface area contributed by atoms with Crippen LogP contribution >= 0.6 is 11.6 Å². The molecule has 2 aromatic carbocycles. The van der Waals surface area contributed by atoms with Gasteiger partial charge in [0.25, 0.3) is 5.91 Å². The summed E-state index contributed by atoms with van der Waals surface area (Å²) >= 11 is 6.17. The fourth-order valence-corrected chi connectivity index (χ4v) is 5.16. The van der Waals surface area contributed by atoms with Crippen molar-refractivity contribution in [3.8, 4) is 5.75 Å². The van der Waals surface area contributed by atoms with E-state index in [1.807, 2.05) is 6.07 Å². The van der Waals surface area contributed by atoms with Crippen LogP contribution in [0.15, 0.2) is 59.6 Å². The van der Waals surface area contributed by atoms with Crippen LogP contribution < -0.4 is 10.1 Å². The maximum absolute atomic E-state index is 12.7. The van der Waals surface area contributed by atoms with Gasteiger partial charge in [0.1, 0.15) is 11.3 Å². The van der Waals surface area contributed by atoms with Gasteiger partial charge in [-0.15, -0.1) is 0 Å². The average Bonchev–Trinajstić information content (AvgIpc) is 3.30. The molecule has 30 heavy (non-hydrogen) atoms. The number of benzene rings is 2. The summed E-state index contributed by atoms with van der Waals surface area (Å²) in [6.45, 7) is 0.794. The predicted molar refractivity (Wildman–Crippen MR) is 115 cm³/mol. The molecule has 1 aliphatic rings. The molecule has 0 unspecified atom stereocenters. The maximum Gasteiger partial charge on any atom is 0.262 e. The number of hydrogen-bond acceptors (Lipinski definition) is 5. The molecule has 3 aromatic rings. The Morgan fingerprint density at radius 2 is 1.93 bits per heavy atom. The standard InChI is InChI=1S/C21H20ClN3O4S/c22-18-8-9-19(21-17(18)7-4-10-23-21)29-14-20(26)24-15-5-3-6-16(13-15)30(27,28)25-11-1-2-12-25/h3-10,13H,1-2,11-12,14H2,(H,24,26). The van der Waals surface area contributed by atoms with Gasteiger partial charge in [0.2, 0.25) is 10.0 Å². The van der Waals surface area contributed by atoms with Crippen molar-refractivity contribution in [1.29, 1.82) is 0 Å². The quantitative estimate of drug-likeness (QED) is 0.625. The molecule has 9 heteroatoms. The third kappa shape index (κ3) is 4.26. The summed E-state index contributed by atoms with van der Waals surface area (Å²) < 4.78 is 32.5. The first-order valence-corrected chi connectivity index (χ1v) is 11.3. The highest BCUT2D eigenvalue weighted by atomic mass is 35.5. The average molecular weight is 446 g/mol. The maximum atomic E-state index is 12.7. The predicted octanol–water partition coefficient (Wildman–Crippen LogP) is 3.69. The summed E-state index contributed by atoms with van der Waals surface area (Å²) in [5.41, 5.74) is 0.958. The largest absolute Gasteiger partial charge is 0.481 e. The van der Waals surface area contributed by atoms with Crippen LogP contribution in [0.4, 0.5) is 5.69 Å². The van der Waals surface area contributed by atoms with Crippen LogP contribution in [-0.4, -0.2) is 43.3 Å². The Bertz CT molecular complexity index is 1190. The highest BCUT2D eigenvalue weighted by Gasteiger charge is 2.27. The van der Waals surface area contributed by atoms with Gasteiger partial charge < -0.3 is 10.1 Å². The number of amides is 1. The number of anilines is 1. The van der Waals surface area contributed by atoms with Crippen molar-refractivity contribution in [3.05, 3.63) is 59.8 Å². The monoisotopic (exact) mass is 445 g/mol. The van der Waals surface area contributed by atoms with Crippen molar-refractivity contribution < 1.29 is 17.9 Å². The van der Waals surface area contributed by atoms with E-state index in [9.17, 15) is 13.2 Å². The van der Waals surface area contributed by atoms with E-state index in [0.29, 0.717) is 35.1 Å². The minimum Gasteiger partial charge on any atom is -0.481 e. The summed E-state index contributed by atoms with van der Waals surface area (Å²) in [4.78, 5) is 16.8. The van der Waals surface area contributed by atoms with Gasteiger partial charge >= 0.3 is 0 Å². The smallest absolute Gasteiger partial charge is 0.262 e. The van der Waals surface area contributed by atoms with Gasteiger partial charge in [-0.2, -0.15) is 4.31 Å². The lowest BCUT2D eigenvalue weighted by molar-refractivity contribution is -0.118. The molecule has 0 aliphatic carbocycles. The molecule has 0 atom stereocenters. The lowest BCUT2D eigenvalue weighted by Crippen LogP contribution is -2.28. The van der Waals surface area contributed by atoms with Crippen LogP contribution in [0.3, 0.4) is 0 Å². The molecule has 0 radical (unpaired) electrons. The van der Waals surface area contributed by atoms with Gasteiger partial charge in [0.05, 0.1) is 9.92 Å². The Labute approximate surface area is 179 Å². The molecule has 4 rings (SSSR count). The first kappa shape index (κ1) is 20.6. The number of halogens is 1. The van der Waals surface area contributed by atoms with Gasteiger partial charge in [0, 0.05) is 30.4 Å². The highest BCUT2D eigenvalue weighted by molar-refractivity contribution is 7.89. The van der Waals surface area contributed by atoms with Crippen molar-refractivity contribution in [2.45, 2.75) is 17.7 Å². The number of hydrogen-bond donors (Lipinski definition) is 1. The molecule has 7 nitrogen and oxygen atoms in total. The van der Waals surface area contributed by atoms with Gasteiger partial charge in [-0.05, 0) is 55.3 Å². The van der Waals surface area contributed by atoms with Gasteiger partial charge in [0.15, 0.2) is 6.61 Å². The van der Waals surface area contributed by atoms with Crippen molar-refractivity contribution in [2.75, 3.05) is 25.0 Å².